The number of rotatable bonds is 5. The van der Waals surface area contributed by atoms with Crippen molar-refractivity contribution in [2.75, 3.05) is 37.6 Å². The first-order chi connectivity index (χ1) is 15.0. The third kappa shape index (κ3) is 4.17. The van der Waals surface area contributed by atoms with Crippen molar-refractivity contribution in [2.24, 2.45) is 23.2 Å². The Morgan fingerprint density at radius 2 is 1.90 bits per heavy atom. The molecule has 3 heterocycles. The van der Waals surface area contributed by atoms with Gasteiger partial charge >= 0.3 is 6.01 Å². The molecule has 31 heavy (non-hydrogen) atoms. The van der Waals surface area contributed by atoms with Crippen LogP contribution in [0.4, 0.5) is 6.01 Å². The lowest BCUT2D eigenvalue weighted by Crippen LogP contribution is -2.49. The summed E-state index contributed by atoms with van der Waals surface area (Å²) in [4.78, 5) is 31.0. The smallest absolute Gasteiger partial charge is 0.318 e. The van der Waals surface area contributed by atoms with Crippen LogP contribution in [0.5, 0.6) is 0 Å². The number of anilines is 1. The van der Waals surface area contributed by atoms with E-state index in [0.717, 1.165) is 51.6 Å². The van der Waals surface area contributed by atoms with E-state index in [1.807, 2.05) is 0 Å². The van der Waals surface area contributed by atoms with Gasteiger partial charge in [-0.25, -0.2) is 0 Å². The molecule has 0 unspecified atom stereocenters. The van der Waals surface area contributed by atoms with Gasteiger partial charge in [-0.2, -0.15) is 0 Å². The summed E-state index contributed by atoms with van der Waals surface area (Å²) in [5, 5.41) is 11.4. The molecule has 0 bridgehead atoms. The van der Waals surface area contributed by atoms with Crippen molar-refractivity contribution in [3.63, 3.8) is 0 Å². The molecule has 1 aromatic rings. The van der Waals surface area contributed by atoms with E-state index in [1.54, 1.807) is 6.92 Å². The zero-order valence-corrected chi connectivity index (χ0v) is 18.6. The Bertz CT molecular complexity index is 816. The second kappa shape index (κ2) is 8.43. The van der Waals surface area contributed by atoms with Gasteiger partial charge in [0.1, 0.15) is 0 Å². The first-order valence-corrected chi connectivity index (χ1v) is 12.2. The zero-order valence-electron chi connectivity index (χ0n) is 18.6. The standard InChI is InChI=1S/C23H35N5O3/c1-16-25-26-22(31-16)28-14-19-13-27(20(29)18-6-3-2-4-7-18)11-5-10-23(19,15-28)21(30)24-12-17-8-9-17/h17-19H,2-15H2,1H3,(H,24,30)/t19-,23-/m1/s1. The highest BCUT2D eigenvalue weighted by molar-refractivity contribution is 5.85. The predicted octanol–water partition coefficient (Wildman–Crippen LogP) is 2.53. The summed E-state index contributed by atoms with van der Waals surface area (Å²) in [6.07, 6.45) is 9.68. The van der Waals surface area contributed by atoms with Gasteiger partial charge < -0.3 is 19.5 Å². The van der Waals surface area contributed by atoms with Crippen molar-refractivity contribution >= 4 is 17.8 Å². The molecule has 0 aromatic carbocycles. The van der Waals surface area contributed by atoms with Crippen molar-refractivity contribution in [1.29, 1.82) is 0 Å². The van der Waals surface area contributed by atoms with Crippen LogP contribution in [-0.4, -0.2) is 59.6 Å². The maximum absolute atomic E-state index is 13.5. The van der Waals surface area contributed by atoms with Crippen LogP contribution in [0.15, 0.2) is 4.42 Å². The fourth-order valence-electron chi connectivity index (χ4n) is 5.91. The minimum atomic E-state index is -0.501. The van der Waals surface area contributed by atoms with Crippen molar-refractivity contribution in [2.45, 2.75) is 64.7 Å². The summed E-state index contributed by atoms with van der Waals surface area (Å²) in [5.74, 6) is 1.87. The zero-order chi connectivity index (χ0) is 21.4. The maximum atomic E-state index is 13.5. The van der Waals surface area contributed by atoms with Crippen LogP contribution in [-0.2, 0) is 9.59 Å². The first kappa shape index (κ1) is 20.8. The molecule has 8 heteroatoms. The number of hydrogen-bond donors (Lipinski definition) is 1. The summed E-state index contributed by atoms with van der Waals surface area (Å²) >= 11 is 0. The molecule has 2 aliphatic carbocycles. The van der Waals surface area contributed by atoms with Crippen molar-refractivity contribution in [1.82, 2.24) is 20.4 Å². The van der Waals surface area contributed by atoms with Gasteiger partial charge in [0.15, 0.2) is 0 Å². The molecule has 8 nitrogen and oxygen atoms in total. The van der Waals surface area contributed by atoms with Gasteiger partial charge in [0.2, 0.25) is 17.7 Å². The Morgan fingerprint density at radius 1 is 1.10 bits per heavy atom. The third-order valence-electron chi connectivity index (χ3n) is 7.94. The Labute approximate surface area is 184 Å². The molecule has 2 atom stereocenters. The number of hydrogen-bond acceptors (Lipinski definition) is 6. The van der Waals surface area contributed by atoms with Crippen molar-refractivity contribution < 1.29 is 14.0 Å². The van der Waals surface area contributed by atoms with Gasteiger partial charge in [0.25, 0.3) is 0 Å². The van der Waals surface area contributed by atoms with E-state index in [9.17, 15) is 9.59 Å². The fraction of sp³-hybridized carbons (Fsp3) is 0.826. The highest BCUT2D eigenvalue weighted by Crippen LogP contribution is 2.45. The molecule has 5 rings (SSSR count). The number of nitrogens with zero attached hydrogens (tertiary/aromatic N) is 4. The van der Waals surface area contributed by atoms with Gasteiger partial charge in [-0.15, -0.1) is 5.10 Å². The highest BCUT2D eigenvalue weighted by Gasteiger charge is 2.54. The van der Waals surface area contributed by atoms with Crippen LogP contribution in [0.1, 0.15) is 63.7 Å². The molecule has 1 N–H and O–H groups in total. The summed E-state index contributed by atoms with van der Waals surface area (Å²) in [6, 6.07) is 0.491. The second-order valence-corrected chi connectivity index (χ2v) is 10.2. The van der Waals surface area contributed by atoms with Crippen LogP contribution in [0.3, 0.4) is 0 Å². The Morgan fingerprint density at radius 3 is 2.61 bits per heavy atom. The van der Waals surface area contributed by atoms with Crippen LogP contribution in [0.25, 0.3) is 0 Å². The average Bonchev–Trinajstić information content (AvgIpc) is 3.46. The molecule has 1 aromatic heterocycles. The van der Waals surface area contributed by atoms with Crippen LogP contribution < -0.4 is 10.2 Å². The highest BCUT2D eigenvalue weighted by atomic mass is 16.4. The topological polar surface area (TPSA) is 91.6 Å². The van der Waals surface area contributed by atoms with Crippen LogP contribution >= 0.6 is 0 Å². The van der Waals surface area contributed by atoms with E-state index >= 15 is 0 Å². The molecule has 0 radical (unpaired) electrons. The Hall–Kier alpha value is -2.12. The number of aromatic nitrogens is 2. The van der Waals surface area contributed by atoms with Gasteiger partial charge in [-0.1, -0.05) is 24.4 Å². The van der Waals surface area contributed by atoms with Gasteiger partial charge in [0, 0.05) is 51.5 Å². The van der Waals surface area contributed by atoms with Crippen LogP contribution in [0.2, 0.25) is 0 Å². The number of carbonyl (C=O) groups excluding carboxylic acids is 2. The van der Waals surface area contributed by atoms with E-state index in [4.69, 9.17) is 4.42 Å². The molecular formula is C23H35N5O3. The largest absolute Gasteiger partial charge is 0.408 e. The third-order valence-corrected chi connectivity index (χ3v) is 7.94. The molecule has 2 saturated carbocycles. The normalized spacial score (nSPS) is 29.5. The molecule has 170 valence electrons. The summed E-state index contributed by atoms with van der Waals surface area (Å²) in [5.41, 5.74) is -0.501. The predicted molar refractivity (Wildman–Crippen MR) is 115 cm³/mol. The summed E-state index contributed by atoms with van der Waals surface area (Å²) in [7, 11) is 0. The number of aryl methyl sites for hydroxylation is 1. The lowest BCUT2D eigenvalue weighted by molar-refractivity contribution is -0.138. The van der Waals surface area contributed by atoms with E-state index in [2.05, 4.69) is 25.3 Å². The van der Waals surface area contributed by atoms with E-state index in [0.29, 0.717) is 43.4 Å². The van der Waals surface area contributed by atoms with Gasteiger partial charge in [0.05, 0.1) is 5.41 Å². The Balaban J connectivity index is 1.36. The molecular weight excluding hydrogens is 394 g/mol. The first-order valence-electron chi connectivity index (χ1n) is 12.2. The minimum Gasteiger partial charge on any atom is -0.408 e. The van der Waals surface area contributed by atoms with E-state index in [1.165, 1.54) is 19.3 Å². The van der Waals surface area contributed by atoms with Gasteiger partial charge in [-0.3, -0.25) is 9.59 Å². The number of amides is 2. The van der Waals surface area contributed by atoms with Gasteiger partial charge in [-0.05, 0) is 44.4 Å². The molecule has 4 fully saturated rings. The number of nitrogens with one attached hydrogen (secondary N) is 1. The molecule has 0 spiro atoms. The molecule has 4 aliphatic rings. The monoisotopic (exact) mass is 429 g/mol. The fourth-order valence-corrected chi connectivity index (χ4v) is 5.91. The maximum Gasteiger partial charge on any atom is 0.318 e. The molecule has 2 saturated heterocycles. The quantitative estimate of drug-likeness (QED) is 0.773. The second-order valence-electron chi connectivity index (χ2n) is 10.2. The summed E-state index contributed by atoms with van der Waals surface area (Å²) < 4.78 is 5.70. The lowest BCUT2D eigenvalue weighted by Gasteiger charge is -2.33. The minimum absolute atomic E-state index is 0.0777. The average molecular weight is 430 g/mol. The SMILES string of the molecule is Cc1nnc(N2C[C@H]3CN(C(=O)C4CCCCC4)CCC[C@@]3(C(=O)NCC3CC3)C2)o1. The summed E-state index contributed by atoms with van der Waals surface area (Å²) in [6.45, 7) is 5.23. The molecule has 2 amide bonds. The number of likely N-dealkylation sites (tertiary alicyclic amines) is 1. The van der Waals surface area contributed by atoms with Crippen molar-refractivity contribution in [3.8, 4) is 0 Å². The van der Waals surface area contributed by atoms with E-state index in [-0.39, 0.29) is 17.7 Å². The van der Waals surface area contributed by atoms with E-state index < -0.39 is 5.41 Å². The molecule has 2 aliphatic heterocycles. The van der Waals surface area contributed by atoms with Crippen LogP contribution in [0, 0.1) is 30.1 Å². The lowest BCUT2D eigenvalue weighted by atomic mass is 9.74. The number of fused-ring (bicyclic) bond motifs is 1. The number of carbonyl (C=O) groups is 2. The van der Waals surface area contributed by atoms with Crippen molar-refractivity contribution in [3.05, 3.63) is 5.89 Å². The Kier molecular flexibility index (Phi) is 5.65.